The maximum atomic E-state index is 11.2. The van der Waals surface area contributed by atoms with Gasteiger partial charge in [-0.1, -0.05) is 0 Å². The number of hydrogen-bond acceptors (Lipinski definition) is 3. The van der Waals surface area contributed by atoms with Crippen molar-refractivity contribution < 1.29 is 4.79 Å². The molecule has 2 rings (SSSR count). The number of carbonyl (C=O) groups excluding carboxylic acids is 1. The van der Waals surface area contributed by atoms with Gasteiger partial charge in [-0.15, -0.1) is 0 Å². The van der Waals surface area contributed by atoms with Crippen molar-refractivity contribution in [2.45, 2.75) is 19.3 Å². The first-order valence-corrected chi connectivity index (χ1v) is 6.11. The van der Waals surface area contributed by atoms with Crippen LogP contribution in [0, 0.1) is 0 Å². The molecule has 0 spiro atoms. The van der Waals surface area contributed by atoms with Gasteiger partial charge in [-0.25, -0.2) is 0 Å². The molecule has 1 heterocycles. The number of nitrogens with one attached hydrogen (secondary N) is 3. The summed E-state index contributed by atoms with van der Waals surface area (Å²) < 4.78 is 0. The zero-order valence-corrected chi connectivity index (χ0v) is 10.2. The first kappa shape index (κ1) is 11.9. The van der Waals surface area contributed by atoms with Gasteiger partial charge in [0.15, 0.2) is 0 Å². The Bertz CT molecular complexity index is 404. The number of anilines is 2. The van der Waals surface area contributed by atoms with Crippen LogP contribution < -0.4 is 16.0 Å². The van der Waals surface area contributed by atoms with E-state index in [1.54, 1.807) is 0 Å². The molecule has 0 saturated heterocycles. The first-order valence-electron chi connectivity index (χ1n) is 6.11. The highest BCUT2D eigenvalue weighted by atomic mass is 16.1. The van der Waals surface area contributed by atoms with Gasteiger partial charge in [0.25, 0.3) is 0 Å². The Morgan fingerprint density at radius 3 is 2.94 bits per heavy atom. The van der Waals surface area contributed by atoms with Crippen LogP contribution in [-0.2, 0) is 11.2 Å². The van der Waals surface area contributed by atoms with Crippen molar-refractivity contribution >= 4 is 17.3 Å². The van der Waals surface area contributed by atoms with E-state index in [1.807, 2.05) is 19.2 Å². The molecule has 0 aliphatic carbocycles. The standard InChI is InChI=1S/C13H19N3O/c1-14-6-2-3-7-15-11-4-5-12-10(8-11)9-13(17)16-12/h4-5,8,14-15H,2-3,6-7,9H2,1H3,(H,16,17). The van der Waals surface area contributed by atoms with Crippen molar-refractivity contribution in [2.24, 2.45) is 0 Å². The lowest BCUT2D eigenvalue weighted by atomic mass is 10.1. The summed E-state index contributed by atoms with van der Waals surface area (Å²) in [5.74, 6) is 0.0890. The van der Waals surface area contributed by atoms with E-state index in [2.05, 4.69) is 22.0 Å². The number of benzene rings is 1. The Kier molecular flexibility index (Phi) is 3.98. The normalized spacial score (nSPS) is 13.4. The molecule has 0 saturated carbocycles. The summed E-state index contributed by atoms with van der Waals surface area (Å²) in [6, 6.07) is 6.05. The molecule has 0 aromatic heterocycles. The SMILES string of the molecule is CNCCCCNc1ccc2c(c1)CC(=O)N2. The van der Waals surface area contributed by atoms with E-state index in [4.69, 9.17) is 0 Å². The largest absolute Gasteiger partial charge is 0.385 e. The van der Waals surface area contributed by atoms with Crippen molar-refractivity contribution in [3.05, 3.63) is 23.8 Å². The Morgan fingerprint density at radius 1 is 1.29 bits per heavy atom. The van der Waals surface area contributed by atoms with Gasteiger partial charge in [0, 0.05) is 17.9 Å². The summed E-state index contributed by atoms with van der Waals surface area (Å²) in [7, 11) is 1.97. The highest BCUT2D eigenvalue weighted by Crippen LogP contribution is 2.25. The number of carbonyl (C=O) groups is 1. The smallest absolute Gasteiger partial charge is 0.228 e. The van der Waals surface area contributed by atoms with Gasteiger partial charge in [0.05, 0.1) is 6.42 Å². The minimum absolute atomic E-state index is 0.0890. The molecule has 1 aliphatic rings. The minimum Gasteiger partial charge on any atom is -0.385 e. The first-order chi connectivity index (χ1) is 8.29. The summed E-state index contributed by atoms with van der Waals surface area (Å²) in [4.78, 5) is 11.2. The summed E-state index contributed by atoms with van der Waals surface area (Å²) in [5.41, 5.74) is 3.15. The van der Waals surface area contributed by atoms with Crippen molar-refractivity contribution in [1.29, 1.82) is 0 Å². The number of amides is 1. The van der Waals surface area contributed by atoms with Crippen LogP contribution in [0.4, 0.5) is 11.4 Å². The topological polar surface area (TPSA) is 53.2 Å². The second-order valence-electron chi connectivity index (χ2n) is 4.33. The van der Waals surface area contributed by atoms with Gasteiger partial charge >= 0.3 is 0 Å². The molecule has 0 atom stereocenters. The molecule has 0 bridgehead atoms. The Labute approximate surface area is 102 Å². The highest BCUT2D eigenvalue weighted by Gasteiger charge is 2.17. The predicted octanol–water partition coefficient (Wildman–Crippen LogP) is 1.59. The number of hydrogen-bond donors (Lipinski definition) is 3. The quantitative estimate of drug-likeness (QED) is 0.654. The summed E-state index contributed by atoms with van der Waals surface area (Å²) in [5, 5.41) is 9.35. The zero-order chi connectivity index (χ0) is 12.1. The van der Waals surface area contributed by atoms with E-state index in [1.165, 1.54) is 6.42 Å². The molecular formula is C13H19N3O. The lowest BCUT2D eigenvalue weighted by molar-refractivity contribution is -0.115. The Hall–Kier alpha value is -1.55. The van der Waals surface area contributed by atoms with Gasteiger partial charge in [-0.2, -0.15) is 0 Å². The Balaban J connectivity index is 1.82. The third kappa shape index (κ3) is 3.20. The second-order valence-corrected chi connectivity index (χ2v) is 4.33. The van der Waals surface area contributed by atoms with Crippen molar-refractivity contribution in [3.8, 4) is 0 Å². The van der Waals surface area contributed by atoms with Crippen LogP contribution in [0.15, 0.2) is 18.2 Å². The lowest BCUT2D eigenvalue weighted by Crippen LogP contribution is -2.10. The Morgan fingerprint density at radius 2 is 2.12 bits per heavy atom. The average molecular weight is 233 g/mol. The zero-order valence-electron chi connectivity index (χ0n) is 10.2. The summed E-state index contributed by atoms with van der Waals surface area (Å²) >= 11 is 0. The minimum atomic E-state index is 0.0890. The maximum absolute atomic E-state index is 11.2. The summed E-state index contributed by atoms with van der Waals surface area (Å²) in [6.07, 6.45) is 2.83. The molecule has 4 nitrogen and oxygen atoms in total. The van der Waals surface area contributed by atoms with Crippen LogP contribution in [0.25, 0.3) is 0 Å². The second kappa shape index (κ2) is 5.68. The van der Waals surface area contributed by atoms with Crippen LogP contribution in [-0.4, -0.2) is 26.0 Å². The third-order valence-electron chi connectivity index (χ3n) is 2.91. The van der Waals surface area contributed by atoms with E-state index in [0.717, 1.165) is 36.4 Å². The average Bonchev–Trinajstić information content (AvgIpc) is 2.68. The van der Waals surface area contributed by atoms with Crippen molar-refractivity contribution in [2.75, 3.05) is 30.8 Å². The monoisotopic (exact) mass is 233 g/mol. The molecule has 1 aliphatic heterocycles. The van der Waals surface area contributed by atoms with Crippen LogP contribution in [0.1, 0.15) is 18.4 Å². The fourth-order valence-corrected chi connectivity index (χ4v) is 2.00. The number of rotatable bonds is 6. The van der Waals surface area contributed by atoms with Gasteiger partial charge in [0.1, 0.15) is 0 Å². The van der Waals surface area contributed by atoms with E-state index in [-0.39, 0.29) is 5.91 Å². The van der Waals surface area contributed by atoms with Crippen molar-refractivity contribution in [1.82, 2.24) is 5.32 Å². The summed E-state index contributed by atoms with van der Waals surface area (Å²) in [6.45, 7) is 2.03. The van der Waals surface area contributed by atoms with Gasteiger partial charge in [0.2, 0.25) is 5.91 Å². The molecule has 4 heteroatoms. The van der Waals surface area contributed by atoms with Gasteiger partial charge in [-0.3, -0.25) is 4.79 Å². The van der Waals surface area contributed by atoms with Crippen LogP contribution >= 0.6 is 0 Å². The highest BCUT2D eigenvalue weighted by molar-refractivity contribution is 5.99. The fourth-order valence-electron chi connectivity index (χ4n) is 2.00. The van der Waals surface area contributed by atoms with E-state index in [9.17, 15) is 4.79 Å². The van der Waals surface area contributed by atoms with E-state index >= 15 is 0 Å². The molecule has 0 fully saturated rings. The molecular weight excluding hydrogens is 214 g/mol. The van der Waals surface area contributed by atoms with Crippen molar-refractivity contribution in [3.63, 3.8) is 0 Å². The van der Waals surface area contributed by atoms with Crippen LogP contribution in [0.2, 0.25) is 0 Å². The van der Waals surface area contributed by atoms with E-state index in [0.29, 0.717) is 6.42 Å². The maximum Gasteiger partial charge on any atom is 0.228 e. The third-order valence-corrected chi connectivity index (χ3v) is 2.91. The molecule has 92 valence electrons. The van der Waals surface area contributed by atoms with Gasteiger partial charge in [-0.05, 0) is 50.2 Å². The molecule has 3 N–H and O–H groups in total. The van der Waals surface area contributed by atoms with Crippen LogP contribution in [0.5, 0.6) is 0 Å². The van der Waals surface area contributed by atoms with Gasteiger partial charge < -0.3 is 16.0 Å². The lowest BCUT2D eigenvalue weighted by Gasteiger charge is -2.07. The molecule has 1 amide bonds. The fraction of sp³-hybridized carbons (Fsp3) is 0.462. The van der Waals surface area contributed by atoms with E-state index < -0.39 is 0 Å². The molecule has 1 aromatic rings. The number of unbranched alkanes of at least 4 members (excludes halogenated alkanes) is 1. The molecule has 0 unspecified atom stereocenters. The van der Waals surface area contributed by atoms with Crippen LogP contribution in [0.3, 0.4) is 0 Å². The number of fused-ring (bicyclic) bond motifs is 1. The molecule has 1 aromatic carbocycles. The molecule has 17 heavy (non-hydrogen) atoms. The predicted molar refractivity (Wildman–Crippen MR) is 70.4 cm³/mol. The molecule has 0 radical (unpaired) electrons.